The van der Waals surface area contributed by atoms with E-state index < -0.39 is 9.84 Å². The maximum Gasteiger partial charge on any atom is 0.245 e. The topological polar surface area (TPSA) is 83.6 Å². The summed E-state index contributed by atoms with van der Waals surface area (Å²) < 4.78 is 23.0. The highest BCUT2D eigenvalue weighted by atomic mass is 32.2. The van der Waals surface area contributed by atoms with Crippen LogP contribution in [-0.4, -0.2) is 44.5 Å². The van der Waals surface area contributed by atoms with Crippen LogP contribution >= 0.6 is 0 Å². The number of hydrogen-bond donors (Lipinski definition) is 1. The molecule has 0 bridgehead atoms. The fourth-order valence-electron chi connectivity index (χ4n) is 2.91. The first kappa shape index (κ1) is 19.2. The number of nitrogens with one attached hydrogen (secondary N) is 1. The van der Waals surface area contributed by atoms with Crippen LogP contribution in [0.15, 0.2) is 41.8 Å². The second-order valence-electron chi connectivity index (χ2n) is 6.38. The second-order valence-corrected chi connectivity index (χ2v) is 8.39. The number of rotatable bonds is 5. The molecule has 1 saturated heterocycles. The number of piperidine rings is 1. The van der Waals surface area contributed by atoms with Gasteiger partial charge in [-0.2, -0.15) is 0 Å². The molecule has 25 heavy (non-hydrogen) atoms. The molecule has 2 rings (SSSR count). The molecular weight excluding hydrogens is 340 g/mol. The van der Waals surface area contributed by atoms with Crippen LogP contribution in [0.3, 0.4) is 0 Å². The Morgan fingerprint density at radius 3 is 2.28 bits per heavy atom. The van der Waals surface area contributed by atoms with Crippen molar-refractivity contribution in [3.63, 3.8) is 0 Å². The average molecular weight is 364 g/mol. The van der Waals surface area contributed by atoms with Gasteiger partial charge in [-0.05, 0) is 43.5 Å². The third-order valence-corrected chi connectivity index (χ3v) is 5.65. The third-order valence-electron chi connectivity index (χ3n) is 4.52. The molecule has 1 atom stereocenters. The van der Waals surface area contributed by atoms with Gasteiger partial charge in [0.25, 0.3) is 0 Å². The first-order valence-electron chi connectivity index (χ1n) is 8.24. The fourth-order valence-corrected chi connectivity index (χ4v) is 3.54. The highest BCUT2D eigenvalue weighted by molar-refractivity contribution is 7.90. The summed E-state index contributed by atoms with van der Waals surface area (Å²) in [4.78, 5) is 25.9. The van der Waals surface area contributed by atoms with Gasteiger partial charge in [0.1, 0.15) is 0 Å². The minimum absolute atomic E-state index is 0.0367. The Bertz CT molecular complexity index is 748. The van der Waals surface area contributed by atoms with Gasteiger partial charge in [-0.3, -0.25) is 9.59 Å². The normalized spacial score (nSPS) is 17.0. The van der Waals surface area contributed by atoms with Crippen molar-refractivity contribution in [2.75, 3.05) is 19.3 Å². The molecule has 0 saturated carbocycles. The number of sulfone groups is 1. The van der Waals surface area contributed by atoms with Crippen molar-refractivity contribution in [3.05, 3.63) is 42.5 Å². The minimum atomic E-state index is -3.23. The number of carbonyl (C=O) groups excluding carboxylic acids is 2. The van der Waals surface area contributed by atoms with Crippen molar-refractivity contribution in [2.45, 2.75) is 30.7 Å². The first-order valence-corrected chi connectivity index (χ1v) is 10.1. The maximum absolute atomic E-state index is 12.4. The van der Waals surface area contributed by atoms with Crippen LogP contribution in [0.1, 0.15) is 31.4 Å². The summed E-state index contributed by atoms with van der Waals surface area (Å²) >= 11 is 0. The number of amides is 2. The minimum Gasteiger partial charge on any atom is -0.349 e. The monoisotopic (exact) mass is 364 g/mol. The summed E-state index contributed by atoms with van der Waals surface area (Å²) in [5.41, 5.74) is 0.847. The molecule has 2 amide bonds. The largest absolute Gasteiger partial charge is 0.349 e. The number of hydrogen-bond acceptors (Lipinski definition) is 4. The molecule has 1 heterocycles. The lowest BCUT2D eigenvalue weighted by molar-refractivity contribution is -0.132. The SMILES string of the molecule is C=CC(=O)N1CCC(C(=O)NC(C)c2ccc(S(C)(=O)=O)cc2)CC1. The van der Waals surface area contributed by atoms with E-state index in [0.717, 1.165) is 11.8 Å². The van der Waals surface area contributed by atoms with Crippen molar-refractivity contribution < 1.29 is 18.0 Å². The lowest BCUT2D eigenvalue weighted by Gasteiger charge is -2.31. The molecule has 1 aliphatic rings. The Morgan fingerprint density at radius 1 is 1.24 bits per heavy atom. The Balaban J connectivity index is 1.92. The lowest BCUT2D eigenvalue weighted by Crippen LogP contribution is -2.42. The zero-order valence-electron chi connectivity index (χ0n) is 14.6. The molecule has 1 aliphatic heterocycles. The molecule has 1 aromatic carbocycles. The molecule has 1 aromatic rings. The highest BCUT2D eigenvalue weighted by Crippen LogP contribution is 2.21. The van der Waals surface area contributed by atoms with E-state index in [1.807, 2.05) is 6.92 Å². The van der Waals surface area contributed by atoms with Gasteiger partial charge in [-0.15, -0.1) is 0 Å². The van der Waals surface area contributed by atoms with E-state index in [0.29, 0.717) is 25.9 Å². The Hall–Kier alpha value is -2.15. The number of carbonyl (C=O) groups is 2. The van der Waals surface area contributed by atoms with Crippen molar-refractivity contribution in [2.24, 2.45) is 5.92 Å². The van der Waals surface area contributed by atoms with Crippen LogP contribution in [0.5, 0.6) is 0 Å². The summed E-state index contributed by atoms with van der Waals surface area (Å²) in [6, 6.07) is 6.31. The Morgan fingerprint density at radius 2 is 1.80 bits per heavy atom. The van der Waals surface area contributed by atoms with E-state index in [1.165, 1.54) is 6.08 Å². The molecule has 136 valence electrons. The summed E-state index contributed by atoms with van der Waals surface area (Å²) in [6.07, 6.45) is 3.72. The summed E-state index contributed by atoms with van der Waals surface area (Å²) in [7, 11) is -3.23. The van der Waals surface area contributed by atoms with E-state index >= 15 is 0 Å². The van der Waals surface area contributed by atoms with Gasteiger partial charge < -0.3 is 10.2 Å². The predicted molar refractivity (Wildman–Crippen MR) is 95.6 cm³/mol. The van der Waals surface area contributed by atoms with Gasteiger partial charge >= 0.3 is 0 Å². The molecule has 1 fully saturated rings. The van der Waals surface area contributed by atoms with Crippen LogP contribution in [0.2, 0.25) is 0 Å². The number of nitrogens with zero attached hydrogens (tertiary/aromatic N) is 1. The smallest absolute Gasteiger partial charge is 0.245 e. The molecule has 0 radical (unpaired) electrons. The first-order chi connectivity index (χ1) is 11.7. The maximum atomic E-state index is 12.4. The lowest BCUT2D eigenvalue weighted by atomic mass is 9.95. The van der Waals surface area contributed by atoms with Crippen LogP contribution < -0.4 is 5.32 Å². The Labute approximate surface area is 148 Å². The van der Waals surface area contributed by atoms with Gasteiger partial charge in [0.15, 0.2) is 9.84 Å². The molecule has 6 nitrogen and oxygen atoms in total. The third kappa shape index (κ3) is 4.92. The van der Waals surface area contributed by atoms with Crippen molar-refractivity contribution in [1.82, 2.24) is 10.2 Å². The second kappa shape index (κ2) is 7.82. The average Bonchev–Trinajstić information content (AvgIpc) is 2.60. The van der Waals surface area contributed by atoms with Gasteiger partial charge in [0, 0.05) is 25.3 Å². The van der Waals surface area contributed by atoms with Gasteiger partial charge in [-0.25, -0.2) is 8.42 Å². The van der Waals surface area contributed by atoms with E-state index in [2.05, 4.69) is 11.9 Å². The van der Waals surface area contributed by atoms with Crippen molar-refractivity contribution in [1.29, 1.82) is 0 Å². The molecule has 7 heteroatoms. The molecular formula is C18H24N2O4S. The summed E-state index contributed by atoms with van der Waals surface area (Å²) in [6.45, 7) is 6.45. The Kier molecular flexibility index (Phi) is 6.00. The van der Waals surface area contributed by atoms with Gasteiger partial charge in [-0.1, -0.05) is 18.7 Å². The summed E-state index contributed by atoms with van der Waals surface area (Å²) in [5.74, 6) is -0.254. The highest BCUT2D eigenvalue weighted by Gasteiger charge is 2.27. The van der Waals surface area contributed by atoms with E-state index in [1.54, 1.807) is 29.2 Å². The molecule has 1 N–H and O–H groups in total. The van der Waals surface area contributed by atoms with E-state index in [-0.39, 0.29) is 28.7 Å². The molecule has 0 aromatic heterocycles. The van der Waals surface area contributed by atoms with Crippen LogP contribution in [-0.2, 0) is 19.4 Å². The van der Waals surface area contributed by atoms with Crippen molar-refractivity contribution in [3.8, 4) is 0 Å². The molecule has 1 unspecified atom stereocenters. The zero-order valence-corrected chi connectivity index (χ0v) is 15.4. The quantitative estimate of drug-likeness (QED) is 0.806. The predicted octanol–water partition coefficient (Wildman–Crippen LogP) is 1.69. The number of benzene rings is 1. The van der Waals surface area contributed by atoms with Crippen molar-refractivity contribution >= 4 is 21.7 Å². The van der Waals surface area contributed by atoms with E-state index in [9.17, 15) is 18.0 Å². The molecule has 0 aliphatic carbocycles. The summed E-state index contributed by atoms with van der Waals surface area (Å²) in [5, 5.41) is 2.97. The van der Waals surface area contributed by atoms with Crippen LogP contribution in [0, 0.1) is 5.92 Å². The molecule has 0 spiro atoms. The van der Waals surface area contributed by atoms with Crippen LogP contribution in [0.25, 0.3) is 0 Å². The van der Waals surface area contributed by atoms with Crippen LogP contribution in [0.4, 0.5) is 0 Å². The van der Waals surface area contributed by atoms with Gasteiger partial charge in [0.2, 0.25) is 11.8 Å². The standard InChI is InChI=1S/C18H24N2O4S/c1-4-17(21)20-11-9-15(10-12-20)18(22)19-13(2)14-5-7-16(8-6-14)25(3,23)24/h4-8,13,15H,1,9-12H2,2-3H3,(H,19,22). The number of likely N-dealkylation sites (tertiary alicyclic amines) is 1. The fraction of sp³-hybridized carbons (Fsp3) is 0.444. The van der Waals surface area contributed by atoms with E-state index in [4.69, 9.17) is 0 Å². The van der Waals surface area contributed by atoms with Gasteiger partial charge in [0.05, 0.1) is 10.9 Å². The zero-order chi connectivity index (χ0) is 18.6.